The van der Waals surface area contributed by atoms with Crippen molar-refractivity contribution in [2.24, 2.45) is 0 Å². The summed E-state index contributed by atoms with van der Waals surface area (Å²) in [6.07, 6.45) is 2.18. The maximum atomic E-state index is 12.2. The zero-order valence-electron chi connectivity index (χ0n) is 12.1. The van der Waals surface area contributed by atoms with Crippen molar-refractivity contribution in [1.29, 1.82) is 0 Å². The van der Waals surface area contributed by atoms with Crippen LogP contribution in [0.3, 0.4) is 0 Å². The Morgan fingerprint density at radius 3 is 2.30 bits per heavy atom. The highest BCUT2D eigenvalue weighted by molar-refractivity contribution is 5.96. The molecule has 20 heavy (non-hydrogen) atoms. The maximum absolute atomic E-state index is 12.2. The number of likely N-dealkylation sites (tertiary alicyclic amines) is 1. The third kappa shape index (κ3) is 3.81. The smallest absolute Gasteiger partial charge is 0.253 e. The number of rotatable bonds is 4. The molecule has 1 aliphatic rings. The second-order valence-corrected chi connectivity index (χ2v) is 5.36. The van der Waals surface area contributed by atoms with Crippen molar-refractivity contribution in [3.8, 4) is 0 Å². The van der Waals surface area contributed by atoms with Gasteiger partial charge in [-0.15, -0.1) is 0 Å². The molecule has 5 nitrogen and oxygen atoms in total. The highest BCUT2D eigenvalue weighted by Crippen LogP contribution is 2.15. The van der Waals surface area contributed by atoms with E-state index in [2.05, 4.69) is 5.32 Å². The normalized spacial score (nSPS) is 14.7. The molecule has 5 heteroatoms. The molecule has 1 aromatic carbocycles. The van der Waals surface area contributed by atoms with E-state index in [-0.39, 0.29) is 11.8 Å². The Morgan fingerprint density at radius 2 is 1.75 bits per heavy atom. The molecule has 108 valence electrons. The fourth-order valence-electron chi connectivity index (χ4n) is 2.29. The van der Waals surface area contributed by atoms with Crippen LogP contribution in [0.25, 0.3) is 0 Å². The Morgan fingerprint density at radius 1 is 1.15 bits per heavy atom. The summed E-state index contributed by atoms with van der Waals surface area (Å²) in [6.45, 7) is 2.04. The van der Waals surface area contributed by atoms with Crippen LogP contribution in [0.5, 0.6) is 0 Å². The lowest BCUT2D eigenvalue weighted by molar-refractivity contribution is -0.116. The summed E-state index contributed by atoms with van der Waals surface area (Å²) in [5.74, 6) is 0.0160. The van der Waals surface area contributed by atoms with Crippen LogP contribution in [0.2, 0.25) is 0 Å². The van der Waals surface area contributed by atoms with Crippen molar-refractivity contribution in [2.45, 2.75) is 12.8 Å². The van der Waals surface area contributed by atoms with Gasteiger partial charge in [0, 0.05) is 24.3 Å². The van der Waals surface area contributed by atoms with E-state index in [1.807, 2.05) is 19.0 Å². The lowest BCUT2D eigenvalue weighted by atomic mass is 10.2. The van der Waals surface area contributed by atoms with Crippen LogP contribution in [0.1, 0.15) is 23.2 Å². The molecule has 1 saturated heterocycles. The van der Waals surface area contributed by atoms with Crippen molar-refractivity contribution in [3.63, 3.8) is 0 Å². The van der Waals surface area contributed by atoms with Gasteiger partial charge in [-0.2, -0.15) is 0 Å². The fraction of sp³-hybridized carbons (Fsp3) is 0.467. The lowest BCUT2D eigenvalue weighted by Gasteiger charge is -2.15. The molecule has 1 aliphatic heterocycles. The topological polar surface area (TPSA) is 52.7 Å². The summed E-state index contributed by atoms with van der Waals surface area (Å²) in [5, 5.41) is 2.80. The molecule has 0 bridgehead atoms. The van der Waals surface area contributed by atoms with Gasteiger partial charge in [-0.1, -0.05) is 0 Å². The van der Waals surface area contributed by atoms with E-state index in [9.17, 15) is 9.59 Å². The van der Waals surface area contributed by atoms with E-state index >= 15 is 0 Å². The maximum Gasteiger partial charge on any atom is 0.253 e. The van der Waals surface area contributed by atoms with Gasteiger partial charge in [0.2, 0.25) is 5.91 Å². The van der Waals surface area contributed by atoms with Crippen molar-refractivity contribution in [3.05, 3.63) is 29.8 Å². The van der Waals surface area contributed by atoms with Crippen LogP contribution in [0.15, 0.2) is 24.3 Å². The van der Waals surface area contributed by atoms with Crippen LogP contribution in [0.4, 0.5) is 5.69 Å². The standard InChI is InChI=1S/C15H21N3O2/c1-17(2)11-14(19)16-13-7-5-12(6-8-13)15(20)18-9-3-4-10-18/h5-8H,3-4,9-11H2,1-2H3,(H,16,19). The number of benzene rings is 1. The molecule has 2 rings (SSSR count). The number of carbonyl (C=O) groups is 2. The predicted octanol–water partition coefficient (Wildman–Crippen LogP) is 1.42. The number of hydrogen-bond donors (Lipinski definition) is 1. The van der Waals surface area contributed by atoms with E-state index in [0.29, 0.717) is 12.1 Å². The number of anilines is 1. The molecule has 0 atom stereocenters. The van der Waals surface area contributed by atoms with E-state index in [0.717, 1.165) is 31.6 Å². The van der Waals surface area contributed by atoms with Crippen molar-refractivity contribution >= 4 is 17.5 Å². The third-order valence-electron chi connectivity index (χ3n) is 3.27. The molecule has 2 amide bonds. The quantitative estimate of drug-likeness (QED) is 0.904. The molecule has 1 aromatic rings. The van der Waals surface area contributed by atoms with Crippen LogP contribution in [0, 0.1) is 0 Å². The van der Waals surface area contributed by atoms with Gasteiger partial charge in [-0.3, -0.25) is 9.59 Å². The summed E-state index contributed by atoms with van der Waals surface area (Å²) in [5.41, 5.74) is 1.40. The van der Waals surface area contributed by atoms with Gasteiger partial charge < -0.3 is 15.1 Å². The number of amides is 2. The van der Waals surface area contributed by atoms with Gasteiger partial charge in [0.25, 0.3) is 5.91 Å². The van der Waals surface area contributed by atoms with E-state index in [4.69, 9.17) is 0 Å². The average molecular weight is 275 g/mol. The van der Waals surface area contributed by atoms with Gasteiger partial charge in [0.15, 0.2) is 0 Å². The molecule has 1 N–H and O–H groups in total. The second-order valence-electron chi connectivity index (χ2n) is 5.36. The summed E-state index contributed by atoms with van der Waals surface area (Å²) >= 11 is 0. The van der Waals surface area contributed by atoms with Gasteiger partial charge >= 0.3 is 0 Å². The Hall–Kier alpha value is -1.88. The Balaban J connectivity index is 1.95. The van der Waals surface area contributed by atoms with Gasteiger partial charge in [0.1, 0.15) is 0 Å². The largest absolute Gasteiger partial charge is 0.339 e. The molecule has 0 aromatic heterocycles. The summed E-state index contributed by atoms with van der Waals surface area (Å²) in [4.78, 5) is 27.5. The number of hydrogen-bond acceptors (Lipinski definition) is 3. The minimum atomic E-state index is -0.0615. The first kappa shape index (κ1) is 14.5. The molecule has 0 spiro atoms. The van der Waals surface area contributed by atoms with E-state index < -0.39 is 0 Å². The van der Waals surface area contributed by atoms with Gasteiger partial charge in [0.05, 0.1) is 6.54 Å². The van der Waals surface area contributed by atoms with Gasteiger partial charge in [-0.05, 0) is 51.2 Å². The molecule has 1 heterocycles. The van der Waals surface area contributed by atoms with Crippen LogP contribution in [-0.4, -0.2) is 55.3 Å². The summed E-state index contributed by atoms with van der Waals surface area (Å²) in [7, 11) is 3.69. The second kappa shape index (κ2) is 6.52. The number of likely N-dealkylation sites (N-methyl/N-ethyl adjacent to an activating group) is 1. The first-order chi connectivity index (χ1) is 9.56. The van der Waals surface area contributed by atoms with Gasteiger partial charge in [-0.25, -0.2) is 0 Å². The number of nitrogens with one attached hydrogen (secondary N) is 1. The number of carbonyl (C=O) groups excluding carboxylic acids is 2. The van der Waals surface area contributed by atoms with Crippen LogP contribution in [-0.2, 0) is 4.79 Å². The first-order valence-corrected chi connectivity index (χ1v) is 6.90. The monoisotopic (exact) mass is 275 g/mol. The summed E-state index contributed by atoms with van der Waals surface area (Å²) < 4.78 is 0. The molecule has 0 aliphatic carbocycles. The fourth-order valence-corrected chi connectivity index (χ4v) is 2.29. The number of nitrogens with zero attached hydrogens (tertiary/aromatic N) is 2. The summed E-state index contributed by atoms with van der Waals surface area (Å²) in [6, 6.07) is 7.09. The highest BCUT2D eigenvalue weighted by Gasteiger charge is 2.19. The third-order valence-corrected chi connectivity index (χ3v) is 3.27. The Labute approximate surface area is 119 Å². The molecule has 0 radical (unpaired) electrons. The van der Waals surface area contributed by atoms with Crippen LogP contribution >= 0.6 is 0 Å². The first-order valence-electron chi connectivity index (χ1n) is 6.90. The van der Waals surface area contributed by atoms with Crippen molar-refractivity contribution < 1.29 is 9.59 Å². The van der Waals surface area contributed by atoms with E-state index in [1.165, 1.54) is 0 Å². The Kier molecular flexibility index (Phi) is 4.74. The van der Waals surface area contributed by atoms with Crippen LogP contribution < -0.4 is 5.32 Å². The molecule has 0 saturated carbocycles. The lowest BCUT2D eigenvalue weighted by Crippen LogP contribution is -2.28. The average Bonchev–Trinajstić information content (AvgIpc) is 2.91. The van der Waals surface area contributed by atoms with Crippen molar-refractivity contribution in [2.75, 3.05) is 39.0 Å². The molecule has 1 fully saturated rings. The van der Waals surface area contributed by atoms with E-state index in [1.54, 1.807) is 29.2 Å². The molecular weight excluding hydrogens is 254 g/mol. The Bertz CT molecular complexity index is 476. The highest BCUT2D eigenvalue weighted by atomic mass is 16.2. The zero-order chi connectivity index (χ0) is 14.5. The SMILES string of the molecule is CN(C)CC(=O)Nc1ccc(C(=O)N2CCCC2)cc1. The molecular formula is C15H21N3O2. The van der Waals surface area contributed by atoms with Crippen molar-refractivity contribution in [1.82, 2.24) is 9.80 Å². The molecule has 0 unspecified atom stereocenters. The zero-order valence-corrected chi connectivity index (χ0v) is 12.1. The minimum absolute atomic E-state index is 0.0615. The predicted molar refractivity (Wildman–Crippen MR) is 78.8 cm³/mol. The minimum Gasteiger partial charge on any atom is -0.339 e.